The molecule has 1 atom stereocenters. The van der Waals surface area contributed by atoms with Crippen molar-refractivity contribution in [2.24, 2.45) is 0 Å². The molecule has 0 saturated heterocycles. The largest absolute Gasteiger partial charge is 0.507 e. The lowest BCUT2D eigenvalue weighted by atomic mass is 10.0. The number of fused-ring (bicyclic) bond motifs is 1. The number of imidazole rings is 1. The van der Waals surface area contributed by atoms with E-state index in [0.29, 0.717) is 40.1 Å². The van der Waals surface area contributed by atoms with Crippen LogP contribution in [0.15, 0.2) is 59.3 Å². The summed E-state index contributed by atoms with van der Waals surface area (Å²) >= 11 is 0. The van der Waals surface area contributed by atoms with Gasteiger partial charge in [-0.3, -0.25) is 4.79 Å². The fraction of sp³-hybridized carbons (Fsp3) is 0.222. The molecule has 5 aromatic rings. The molecular weight excluding hydrogens is 472 g/mol. The maximum Gasteiger partial charge on any atom is 0.251 e. The number of ether oxygens (including phenoxy) is 1. The number of H-pyrrole nitrogens is 1. The molecule has 1 unspecified atom stereocenters. The second-order valence-corrected chi connectivity index (χ2v) is 8.60. The molecule has 10 nitrogen and oxygen atoms in total. The first-order chi connectivity index (χ1) is 18.0. The minimum Gasteiger partial charge on any atom is -0.507 e. The van der Waals surface area contributed by atoms with Crippen molar-refractivity contribution >= 4 is 16.9 Å². The average Bonchev–Trinajstić information content (AvgIpc) is 3.56. The van der Waals surface area contributed by atoms with Crippen LogP contribution in [0.2, 0.25) is 0 Å². The monoisotopic (exact) mass is 498 g/mol. The Bertz CT molecular complexity index is 1570. The number of methoxy groups -OCH3 is 1. The summed E-state index contributed by atoms with van der Waals surface area (Å²) in [4.78, 5) is 29.4. The highest BCUT2D eigenvalue weighted by atomic mass is 16.5. The number of amides is 1. The van der Waals surface area contributed by atoms with Crippen LogP contribution in [-0.2, 0) is 6.42 Å². The lowest BCUT2D eigenvalue weighted by molar-refractivity contribution is 0.0932. The molecule has 5 rings (SSSR count). The van der Waals surface area contributed by atoms with Crippen LogP contribution in [0, 0.1) is 0 Å². The van der Waals surface area contributed by atoms with Crippen LogP contribution in [0.25, 0.3) is 33.5 Å². The summed E-state index contributed by atoms with van der Waals surface area (Å²) in [5.41, 5.74) is 3.86. The SMILES string of the molecule is CCCc1noc(C(C)NC(=O)c2ccc3[nH]c(-c4cc(-c5cccnc5OC)ccc4O)nc3c2)n1. The zero-order valence-electron chi connectivity index (χ0n) is 20.6. The van der Waals surface area contributed by atoms with E-state index in [9.17, 15) is 9.90 Å². The number of hydrogen-bond acceptors (Lipinski definition) is 8. The lowest BCUT2D eigenvalue weighted by Gasteiger charge is -2.09. The van der Waals surface area contributed by atoms with Gasteiger partial charge in [0.1, 0.15) is 17.6 Å². The van der Waals surface area contributed by atoms with Crippen LogP contribution in [-0.4, -0.2) is 43.2 Å². The van der Waals surface area contributed by atoms with Crippen molar-refractivity contribution in [3.05, 3.63) is 72.0 Å². The highest BCUT2D eigenvalue weighted by molar-refractivity contribution is 5.98. The van der Waals surface area contributed by atoms with Gasteiger partial charge in [-0.25, -0.2) is 9.97 Å². The van der Waals surface area contributed by atoms with Gasteiger partial charge in [0.2, 0.25) is 11.8 Å². The maximum atomic E-state index is 12.9. The van der Waals surface area contributed by atoms with Crippen molar-refractivity contribution in [1.82, 2.24) is 30.4 Å². The van der Waals surface area contributed by atoms with Crippen LogP contribution in [0.4, 0.5) is 0 Å². The Morgan fingerprint density at radius 2 is 2.03 bits per heavy atom. The molecule has 0 bridgehead atoms. The van der Waals surface area contributed by atoms with E-state index >= 15 is 0 Å². The molecule has 0 aliphatic heterocycles. The molecule has 2 aromatic carbocycles. The van der Waals surface area contributed by atoms with Gasteiger partial charge in [-0.1, -0.05) is 18.1 Å². The summed E-state index contributed by atoms with van der Waals surface area (Å²) in [6, 6.07) is 13.7. The number of aromatic nitrogens is 5. The number of aryl methyl sites for hydroxylation is 1. The van der Waals surface area contributed by atoms with E-state index in [1.807, 2.05) is 25.1 Å². The van der Waals surface area contributed by atoms with Crippen LogP contribution < -0.4 is 10.1 Å². The van der Waals surface area contributed by atoms with Crippen molar-refractivity contribution in [2.45, 2.75) is 32.7 Å². The molecule has 3 N–H and O–H groups in total. The van der Waals surface area contributed by atoms with Crippen molar-refractivity contribution in [1.29, 1.82) is 0 Å². The Kier molecular flexibility index (Phi) is 6.55. The molecule has 37 heavy (non-hydrogen) atoms. The maximum absolute atomic E-state index is 12.9. The number of carbonyl (C=O) groups excluding carboxylic acids is 1. The van der Waals surface area contributed by atoms with Crippen molar-refractivity contribution in [3.63, 3.8) is 0 Å². The van der Waals surface area contributed by atoms with E-state index in [0.717, 1.165) is 29.5 Å². The van der Waals surface area contributed by atoms with Gasteiger partial charge in [0.15, 0.2) is 5.82 Å². The second-order valence-electron chi connectivity index (χ2n) is 8.60. The summed E-state index contributed by atoms with van der Waals surface area (Å²) in [5.74, 6) is 1.72. The molecule has 0 aliphatic rings. The second kappa shape index (κ2) is 10.1. The number of nitrogens with one attached hydrogen (secondary N) is 2. The fourth-order valence-electron chi connectivity index (χ4n) is 4.05. The first-order valence-electron chi connectivity index (χ1n) is 11.9. The third-order valence-electron chi connectivity index (χ3n) is 5.95. The van der Waals surface area contributed by atoms with E-state index in [1.54, 1.807) is 50.6 Å². The van der Waals surface area contributed by atoms with Crippen molar-refractivity contribution in [2.75, 3.05) is 7.11 Å². The number of nitrogens with zero attached hydrogens (tertiary/aromatic N) is 4. The Hall–Kier alpha value is -4.73. The van der Waals surface area contributed by atoms with Gasteiger partial charge in [-0.15, -0.1) is 0 Å². The van der Waals surface area contributed by atoms with Crippen LogP contribution in [0.1, 0.15) is 48.4 Å². The van der Waals surface area contributed by atoms with Gasteiger partial charge in [0.05, 0.1) is 23.7 Å². The zero-order valence-corrected chi connectivity index (χ0v) is 20.6. The molecule has 0 radical (unpaired) electrons. The molecule has 0 spiro atoms. The molecule has 188 valence electrons. The number of benzene rings is 2. The molecule has 3 aromatic heterocycles. The lowest BCUT2D eigenvalue weighted by Crippen LogP contribution is -2.26. The highest BCUT2D eigenvalue weighted by Gasteiger charge is 2.19. The number of aromatic hydroxyl groups is 1. The minimum absolute atomic E-state index is 0.0689. The summed E-state index contributed by atoms with van der Waals surface area (Å²) in [5, 5.41) is 17.4. The molecule has 1 amide bonds. The predicted octanol–water partition coefficient (Wildman–Crippen LogP) is 4.83. The summed E-state index contributed by atoms with van der Waals surface area (Å²) in [7, 11) is 1.56. The summed E-state index contributed by atoms with van der Waals surface area (Å²) in [6.45, 7) is 3.83. The van der Waals surface area contributed by atoms with Crippen molar-refractivity contribution < 1.29 is 19.2 Å². The van der Waals surface area contributed by atoms with E-state index in [-0.39, 0.29) is 11.7 Å². The Morgan fingerprint density at radius 1 is 1.16 bits per heavy atom. The third-order valence-corrected chi connectivity index (χ3v) is 5.95. The Balaban J connectivity index is 1.40. The van der Waals surface area contributed by atoms with E-state index in [1.165, 1.54) is 0 Å². The van der Waals surface area contributed by atoms with E-state index in [2.05, 4.69) is 30.4 Å². The topological polar surface area (TPSA) is 139 Å². The van der Waals surface area contributed by atoms with Crippen LogP contribution >= 0.6 is 0 Å². The zero-order chi connectivity index (χ0) is 25.9. The molecular formula is C27H26N6O4. The molecule has 10 heteroatoms. The number of phenols is 1. The first-order valence-corrected chi connectivity index (χ1v) is 11.9. The van der Waals surface area contributed by atoms with Gasteiger partial charge in [-0.2, -0.15) is 4.98 Å². The average molecular weight is 499 g/mol. The third kappa shape index (κ3) is 4.86. The number of carbonyl (C=O) groups is 1. The molecule has 0 fully saturated rings. The molecule has 3 heterocycles. The number of phenolic OH excluding ortho intramolecular Hbond substituents is 1. The number of rotatable bonds is 8. The highest BCUT2D eigenvalue weighted by Crippen LogP contribution is 2.35. The fourth-order valence-corrected chi connectivity index (χ4v) is 4.05. The smallest absolute Gasteiger partial charge is 0.251 e. The van der Waals surface area contributed by atoms with Gasteiger partial charge in [0.25, 0.3) is 5.91 Å². The van der Waals surface area contributed by atoms with Gasteiger partial charge in [-0.05, 0) is 61.4 Å². The van der Waals surface area contributed by atoms with Crippen LogP contribution in [0.5, 0.6) is 11.6 Å². The normalized spacial score (nSPS) is 12.0. The summed E-state index contributed by atoms with van der Waals surface area (Å²) in [6.07, 6.45) is 3.28. The van der Waals surface area contributed by atoms with Gasteiger partial charge in [0, 0.05) is 23.7 Å². The van der Waals surface area contributed by atoms with Crippen molar-refractivity contribution in [3.8, 4) is 34.1 Å². The van der Waals surface area contributed by atoms with Gasteiger partial charge < -0.3 is 24.7 Å². The van der Waals surface area contributed by atoms with Crippen LogP contribution in [0.3, 0.4) is 0 Å². The van der Waals surface area contributed by atoms with E-state index < -0.39 is 6.04 Å². The Morgan fingerprint density at radius 3 is 2.84 bits per heavy atom. The molecule has 0 aliphatic carbocycles. The van der Waals surface area contributed by atoms with E-state index in [4.69, 9.17) is 9.26 Å². The molecule has 0 saturated carbocycles. The number of hydrogen-bond donors (Lipinski definition) is 3. The number of pyridine rings is 1. The standard InChI is InChI=1S/C27H26N6O4/c1-4-6-23-32-26(37-33-23)15(2)29-25(35)17-8-10-20-21(14-17)31-24(30-20)19-13-16(9-11-22(19)34)18-7-5-12-28-27(18)36-3/h5,7-15,34H,4,6H2,1-3H3,(H,29,35)(H,30,31). The quantitative estimate of drug-likeness (QED) is 0.276. The first kappa shape index (κ1) is 24.0. The Labute approximate surface area is 212 Å². The number of aromatic amines is 1. The predicted molar refractivity (Wildman–Crippen MR) is 137 cm³/mol. The minimum atomic E-state index is -0.444. The summed E-state index contributed by atoms with van der Waals surface area (Å²) < 4.78 is 10.7. The van der Waals surface area contributed by atoms with Gasteiger partial charge >= 0.3 is 0 Å².